The Kier molecular flexibility index (Phi) is 4.65. The van der Waals surface area contributed by atoms with E-state index in [-0.39, 0.29) is 17.7 Å². The number of hydrogen-bond donors (Lipinski definition) is 1. The molecule has 116 valence electrons. The first-order valence-electron chi connectivity index (χ1n) is 7.33. The van der Waals surface area contributed by atoms with Crippen LogP contribution in [0.15, 0.2) is 4.52 Å². The number of rotatable bonds is 4. The van der Waals surface area contributed by atoms with Gasteiger partial charge in [0, 0.05) is 25.1 Å². The Morgan fingerprint density at radius 2 is 2.00 bits per heavy atom. The van der Waals surface area contributed by atoms with Crippen molar-refractivity contribution in [1.29, 1.82) is 0 Å². The third-order valence-electron chi connectivity index (χ3n) is 4.26. The second-order valence-electron chi connectivity index (χ2n) is 5.84. The smallest absolute Gasteiger partial charge is 0.306 e. The van der Waals surface area contributed by atoms with Gasteiger partial charge in [-0.05, 0) is 32.6 Å². The third kappa shape index (κ3) is 3.43. The van der Waals surface area contributed by atoms with E-state index in [0.29, 0.717) is 32.4 Å². The SMILES string of the molecule is Cc1noc(C)c1C(C)CC(=O)N1CCC(C(=O)O)CC1. The van der Waals surface area contributed by atoms with Gasteiger partial charge < -0.3 is 14.5 Å². The van der Waals surface area contributed by atoms with Crippen LogP contribution in [0, 0.1) is 19.8 Å². The van der Waals surface area contributed by atoms with Crippen LogP contribution in [-0.2, 0) is 9.59 Å². The number of carbonyl (C=O) groups is 2. The number of aliphatic carboxylic acids is 1. The van der Waals surface area contributed by atoms with Gasteiger partial charge in [-0.25, -0.2) is 0 Å². The first-order valence-corrected chi connectivity index (χ1v) is 7.33. The summed E-state index contributed by atoms with van der Waals surface area (Å²) >= 11 is 0. The lowest BCUT2D eigenvalue weighted by Crippen LogP contribution is -2.40. The summed E-state index contributed by atoms with van der Waals surface area (Å²) in [4.78, 5) is 25.0. The zero-order valence-electron chi connectivity index (χ0n) is 12.8. The van der Waals surface area contributed by atoms with Crippen LogP contribution in [0.2, 0.25) is 0 Å². The maximum Gasteiger partial charge on any atom is 0.306 e. The molecule has 1 unspecified atom stereocenters. The predicted octanol–water partition coefficient (Wildman–Crippen LogP) is 2.11. The van der Waals surface area contributed by atoms with Crippen LogP contribution < -0.4 is 0 Å². The number of hydrogen-bond acceptors (Lipinski definition) is 4. The Morgan fingerprint density at radius 1 is 1.38 bits per heavy atom. The second-order valence-corrected chi connectivity index (χ2v) is 5.84. The number of piperidine rings is 1. The summed E-state index contributed by atoms with van der Waals surface area (Å²) in [6.07, 6.45) is 1.49. The molecule has 2 rings (SSSR count). The second kappa shape index (κ2) is 6.28. The van der Waals surface area contributed by atoms with E-state index in [1.807, 2.05) is 20.8 Å². The van der Waals surface area contributed by atoms with Gasteiger partial charge in [0.1, 0.15) is 5.76 Å². The average molecular weight is 294 g/mol. The van der Waals surface area contributed by atoms with Crippen molar-refractivity contribution >= 4 is 11.9 Å². The van der Waals surface area contributed by atoms with E-state index in [0.717, 1.165) is 17.0 Å². The molecule has 1 aliphatic rings. The van der Waals surface area contributed by atoms with Gasteiger partial charge in [-0.1, -0.05) is 12.1 Å². The van der Waals surface area contributed by atoms with Crippen LogP contribution in [0.3, 0.4) is 0 Å². The van der Waals surface area contributed by atoms with E-state index in [9.17, 15) is 9.59 Å². The summed E-state index contributed by atoms with van der Waals surface area (Å²) in [6, 6.07) is 0. The van der Waals surface area contributed by atoms with Crippen molar-refractivity contribution in [2.24, 2.45) is 5.92 Å². The summed E-state index contributed by atoms with van der Waals surface area (Å²) in [5.41, 5.74) is 1.83. The van der Waals surface area contributed by atoms with E-state index in [1.165, 1.54) is 0 Å². The summed E-state index contributed by atoms with van der Waals surface area (Å²) in [5, 5.41) is 12.9. The molecule has 1 N–H and O–H groups in total. The van der Waals surface area contributed by atoms with Crippen molar-refractivity contribution in [3.63, 3.8) is 0 Å². The zero-order valence-corrected chi connectivity index (χ0v) is 12.8. The minimum absolute atomic E-state index is 0.0564. The molecule has 2 heterocycles. The van der Waals surface area contributed by atoms with Crippen LogP contribution in [0.25, 0.3) is 0 Å². The summed E-state index contributed by atoms with van der Waals surface area (Å²) < 4.78 is 5.14. The van der Waals surface area contributed by atoms with Gasteiger partial charge in [0.15, 0.2) is 0 Å². The predicted molar refractivity (Wildman–Crippen MR) is 75.9 cm³/mol. The highest BCUT2D eigenvalue weighted by Gasteiger charge is 2.28. The van der Waals surface area contributed by atoms with Crippen LogP contribution in [0.5, 0.6) is 0 Å². The molecule has 1 fully saturated rings. The van der Waals surface area contributed by atoms with E-state index in [1.54, 1.807) is 4.90 Å². The van der Waals surface area contributed by atoms with Gasteiger partial charge in [-0.15, -0.1) is 0 Å². The molecule has 1 saturated heterocycles. The van der Waals surface area contributed by atoms with Crippen molar-refractivity contribution in [3.05, 3.63) is 17.0 Å². The molecular formula is C15H22N2O4. The highest BCUT2D eigenvalue weighted by Crippen LogP contribution is 2.27. The lowest BCUT2D eigenvalue weighted by Gasteiger charge is -2.31. The number of nitrogens with zero attached hydrogens (tertiary/aromatic N) is 2. The van der Waals surface area contributed by atoms with Crippen LogP contribution in [-0.4, -0.2) is 40.1 Å². The first kappa shape index (κ1) is 15.5. The van der Waals surface area contributed by atoms with Crippen LogP contribution in [0.4, 0.5) is 0 Å². The summed E-state index contributed by atoms with van der Waals surface area (Å²) in [6.45, 7) is 6.79. The summed E-state index contributed by atoms with van der Waals surface area (Å²) in [7, 11) is 0. The van der Waals surface area contributed by atoms with Crippen molar-refractivity contribution in [2.45, 2.75) is 46.0 Å². The number of amides is 1. The fourth-order valence-corrected chi connectivity index (χ4v) is 3.06. The Hall–Kier alpha value is -1.85. The van der Waals surface area contributed by atoms with Gasteiger partial charge >= 0.3 is 5.97 Å². The topological polar surface area (TPSA) is 83.6 Å². The molecule has 0 bridgehead atoms. The summed E-state index contributed by atoms with van der Waals surface area (Å²) in [5.74, 6) is -0.176. The largest absolute Gasteiger partial charge is 0.481 e. The fourth-order valence-electron chi connectivity index (χ4n) is 3.06. The zero-order chi connectivity index (χ0) is 15.6. The highest BCUT2D eigenvalue weighted by atomic mass is 16.5. The monoisotopic (exact) mass is 294 g/mol. The van der Waals surface area contributed by atoms with Gasteiger partial charge in [0.2, 0.25) is 5.91 Å². The fraction of sp³-hybridized carbons (Fsp3) is 0.667. The molecule has 0 spiro atoms. The lowest BCUT2D eigenvalue weighted by atomic mass is 9.93. The molecule has 21 heavy (non-hydrogen) atoms. The first-order chi connectivity index (χ1) is 9.90. The van der Waals surface area contributed by atoms with Gasteiger partial charge in [0.05, 0.1) is 11.6 Å². The quantitative estimate of drug-likeness (QED) is 0.919. The Balaban J connectivity index is 1.92. The molecule has 1 atom stereocenters. The van der Waals surface area contributed by atoms with Gasteiger partial charge in [-0.3, -0.25) is 9.59 Å². The molecule has 1 aromatic rings. The minimum Gasteiger partial charge on any atom is -0.481 e. The Morgan fingerprint density at radius 3 is 2.48 bits per heavy atom. The number of likely N-dealkylation sites (tertiary alicyclic amines) is 1. The number of carboxylic acids is 1. The standard InChI is InChI=1S/C15H22N2O4/c1-9(14-10(2)16-21-11(14)3)8-13(18)17-6-4-12(5-7-17)15(19)20/h9,12H,4-8H2,1-3H3,(H,19,20). The van der Waals surface area contributed by atoms with Gasteiger partial charge in [-0.2, -0.15) is 0 Å². The number of carboxylic acid groups (broad SMARTS) is 1. The maximum absolute atomic E-state index is 12.3. The molecule has 0 radical (unpaired) electrons. The van der Waals surface area contributed by atoms with Crippen molar-refractivity contribution in [3.8, 4) is 0 Å². The van der Waals surface area contributed by atoms with Crippen molar-refractivity contribution in [2.75, 3.05) is 13.1 Å². The lowest BCUT2D eigenvalue weighted by molar-refractivity contribution is -0.145. The number of aromatic nitrogens is 1. The van der Waals surface area contributed by atoms with Gasteiger partial charge in [0.25, 0.3) is 0 Å². The maximum atomic E-state index is 12.3. The molecule has 1 amide bonds. The number of aryl methyl sites for hydroxylation is 2. The van der Waals surface area contributed by atoms with Crippen LogP contribution in [0.1, 0.15) is 49.1 Å². The Labute approximate surface area is 124 Å². The van der Waals surface area contributed by atoms with E-state index in [2.05, 4.69) is 5.16 Å². The normalized spacial score (nSPS) is 17.8. The average Bonchev–Trinajstić information content (AvgIpc) is 2.78. The van der Waals surface area contributed by atoms with Crippen molar-refractivity contribution in [1.82, 2.24) is 10.1 Å². The molecule has 0 saturated carbocycles. The molecule has 0 aromatic carbocycles. The molecule has 1 aromatic heterocycles. The Bertz CT molecular complexity index is 510. The third-order valence-corrected chi connectivity index (χ3v) is 4.26. The molecule has 0 aliphatic carbocycles. The molecule has 6 heteroatoms. The molecule has 1 aliphatic heterocycles. The number of carbonyl (C=O) groups excluding carboxylic acids is 1. The minimum atomic E-state index is -0.758. The van der Waals surface area contributed by atoms with Crippen LogP contribution >= 0.6 is 0 Å². The van der Waals surface area contributed by atoms with E-state index < -0.39 is 5.97 Å². The van der Waals surface area contributed by atoms with E-state index >= 15 is 0 Å². The molecule has 6 nitrogen and oxygen atoms in total. The molecular weight excluding hydrogens is 272 g/mol. The highest BCUT2D eigenvalue weighted by molar-refractivity contribution is 5.78. The van der Waals surface area contributed by atoms with E-state index in [4.69, 9.17) is 9.63 Å². The van der Waals surface area contributed by atoms with Crippen molar-refractivity contribution < 1.29 is 19.2 Å².